The van der Waals surface area contributed by atoms with Crippen LogP contribution >= 0.6 is 0 Å². The van der Waals surface area contributed by atoms with Crippen molar-refractivity contribution < 1.29 is 4.39 Å². The topological polar surface area (TPSA) is 3.24 Å². The molecule has 0 aromatic heterocycles. The third-order valence-electron chi connectivity index (χ3n) is 7.85. The summed E-state index contributed by atoms with van der Waals surface area (Å²) in [4.78, 5) is 2.72. The first kappa shape index (κ1) is 15.4. The van der Waals surface area contributed by atoms with Crippen LogP contribution in [-0.4, -0.2) is 24.5 Å². The number of nitrogens with zero attached hydrogens (tertiary/aromatic N) is 1. The van der Waals surface area contributed by atoms with Crippen LogP contribution in [0.4, 0.5) is 4.39 Å². The summed E-state index contributed by atoms with van der Waals surface area (Å²) in [6.07, 6.45) is 6.80. The number of benzene rings is 2. The molecule has 2 heteroatoms. The second kappa shape index (κ2) is 5.42. The predicted octanol–water partition coefficient (Wildman–Crippen LogP) is 5.20. The van der Waals surface area contributed by atoms with Crippen molar-refractivity contribution in [1.82, 2.24) is 4.90 Å². The second-order valence-corrected chi connectivity index (χ2v) is 9.17. The minimum Gasteiger partial charge on any atom is -0.302 e. The molecule has 1 saturated heterocycles. The van der Waals surface area contributed by atoms with E-state index in [1.807, 2.05) is 6.07 Å². The van der Waals surface area contributed by atoms with E-state index >= 15 is 0 Å². The molecule has 1 spiro atoms. The van der Waals surface area contributed by atoms with Gasteiger partial charge in [0.05, 0.1) is 0 Å². The third-order valence-corrected chi connectivity index (χ3v) is 7.85. The molecule has 1 heterocycles. The molecule has 1 saturated carbocycles. The lowest BCUT2D eigenvalue weighted by Crippen LogP contribution is -2.35. The van der Waals surface area contributed by atoms with Gasteiger partial charge in [0.1, 0.15) is 5.82 Å². The largest absolute Gasteiger partial charge is 0.302 e. The predicted molar refractivity (Wildman–Crippen MR) is 102 cm³/mol. The van der Waals surface area contributed by atoms with Crippen LogP contribution in [-0.2, 0) is 5.41 Å². The normalized spacial score (nSPS) is 32.5. The molecule has 26 heavy (non-hydrogen) atoms. The summed E-state index contributed by atoms with van der Waals surface area (Å²) in [6.45, 7) is 3.52. The summed E-state index contributed by atoms with van der Waals surface area (Å²) < 4.78 is 14.2. The van der Waals surface area contributed by atoms with E-state index in [0.29, 0.717) is 11.8 Å². The Morgan fingerprint density at radius 1 is 1.00 bits per heavy atom. The van der Waals surface area contributed by atoms with Crippen molar-refractivity contribution in [2.24, 2.45) is 5.92 Å². The Labute approximate surface area is 155 Å². The fraction of sp³-hybridized carbons (Fsp3) is 0.500. The molecular weight excluding hydrogens is 321 g/mol. The number of rotatable bonds is 2. The molecule has 134 valence electrons. The van der Waals surface area contributed by atoms with Crippen molar-refractivity contribution in [3.8, 4) is 0 Å². The van der Waals surface area contributed by atoms with Gasteiger partial charge in [0.25, 0.3) is 0 Å². The fourth-order valence-electron chi connectivity index (χ4n) is 6.85. The maximum Gasteiger partial charge on any atom is 0.123 e. The number of likely N-dealkylation sites (tertiary alicyclic amines) is 1. The Balaban J connectivity index is 1.47. The van der Waals surface area contributed by atoms with Gasteiger partial charge in [-0.05, 0) is 59.6 Å². The van der Waals surface area contributed by atoms with Crippen LogP contribution in [0, 0.1) is 11.7 Å². The van der Waals surface area contributed by atoms with E-state index in [9.17, 15) is 4.39 Å². The zero-order valence-corrected chi connectivity index (χ0v) is 15.3. The van der Waals surface area contributed by atoms with Gasteiger partial charge in [0, 0.05) is 36.9 Å². The fourth-order valence-corrected chi connectivity index (χ4v) is 6.85. The quantitative estimate of drug-likeness (QED) is 0.721. The Morgan fingerprint density at radius 2 is 1.81 bits per heavy atom. The van der Waals surface area contributed by atoms with Gasteiger partial charge in [-0.2, -0.15) is 0 Å². The van der Waals surface area contributed by atoms with Crippen molar-refractivity contribution >= 4 is 0 Å². The molecule has 1 nitrogen and oxygen atoms in total. The molecule has 3 atom stereocenters. The van der Waals surface area contributed by atoms with Crippen molar-refractivity contribution in [1.29, 1.82) is 0 Å². The highest BCUT2D eigenvalue weighted by Crippen LogP contribution is 2.63. The smallest absolute Gasteiger partial charge is 0.123 e. The number of halogens is 1. The van der Waals surface area contributed by atoms with Gasteiger partial charge < -0.3 is 4.90 Å². The molecule has 0 radical (unpaired) electrons. The Bertz CT molecular complexity index is 868. The highest BCUT2D eigenvalue weighted by molar-refractivity contribution is 5.58. The van der Waals surface area contributed by atoms with Crippen LogP contribution in [0.3, 0.4) is 0 Å². The zero-order valence-electron chi connectivity index (χ0n) is 15.3. The monoisotopic (exact) mass is 347 g/mol. The number of hydrogen-bond acceptors (Lipinski definition) is 1. The Kier molecular flexibility index (Phi) is 3.21. The summed E-state index contributed by atoms with van der Waals surface area (Å²) in [7, 11) is 0. The van der Waals surface area contributed by atoms with E-state index in [-0.39, 0.29) is 11.2 Å². The first-order valence-electron chi connectivity index (χ1n) is 10.4. The molecule has 2 bridgehead atoms. The summed E-state index contributed by atoms with van der Waals surface area (Å²) in [5.74, 6) is 1.80. The summed E-state index contributed by atoms with van der Waals surface area (Å²) in [5.41, 5.74) is 5.88. The molecular formula is C24H26FN. The lowest BCUT2D eigenvalue weighted by Gasteiger charge is -2.37. The molecule has 0 amide bonds. The minimum absolute atomic E-state index is 0.0669. The molecule has 0 N–H and O–H groups in total. The van der Waals surface area contributed by atoms with Crippen LogP contribution in [0.2, 0.25) is 0 Å². The molecule has 3 unspecified atom stereocenters. The number of hydrogen-bond donors (Lipinski definition) is 0. The maximum atomic E-state index is 14.2. The van der Waals surface area contributed by atoms with E-state index in [2.05, 4.69) is 35.2 Å². The van der Waals surface area contributed by atoms with E-state index < -0.39 is 0 Å². The lowest BCUT2D eigenvalue weighted by atomic mass is 9.65. The average molecular weight is 347 g/mol. The Morgan fingerprint density at radius 3 is 2.65 bits per heavy atom. The first-order chi connectivity index (χ1) is 12.7. The lowest BCUT2D eigenvalue weighted by molar-refractivity contribution is 0.260. The van der Waals surface area contributed by atoms with Gasteiger partial charge in [-0.25, -0.2) is 4.39 Å². The van der Waals surface area contributed by atoms with E-state index in [1.165, 1.54) is 60.9 Å². The van der Waals surface area contributed by atoms with Crippen molar-refractivity contribution in [2.75, 3.05) is 19.6 Å². The van der Waals surface area contributed by atoms with Crippen LogP contribution in [0.15, 0.2) is 42.5 Å². The zero-order chi connectivity index (χ0) is 17.3. The standard InChI is InChI=1S/C24H26FN/c25-17-9-10-20-21-12-24(22(20)11-17)15-26(13-16-5-1-2-6-16)14-23(24)19-8-4-3-7-18(19)21/h3-4,7-11,16,21,23H,1-2,5-6,12-15H2. The van der Waals surface area contributed by atoms with Crippen LogP contribution < -0.4 is 0 Å². The van der Waals surface area contributed by atoms with Gasteiger partial charge in [-0.15, -0.1) is 0 Å². The molecule has 2 aromatic rings. The van der Waals surface area contributed by atoms with Crippen molar-refractivity contribution in [3.05, 3.63) is 70.5 Å². The minimum atomic E-state index is -0.0669. The molecule has 2 aromatic carbocycles. The molecule has 1 aliphatic heterocycles. The highest BCUT2D eigenvalue weighted by Gasteiger charge is 2.58. The number of fused-ring (bicyclic) bond motifs is 3. The maximum absolute atomic E-state index is 14.2. The van der Waals surface area contributed by atoms with Crippen molar-refractivity contribution in [2.45, 2.75) is 49.4 Å². The molecule has 2 fully saturated rings. The summed E-state index contributed by atoms with van der Waals surface area (Å²) >= 11 is 0. The molecule has 6 rings (SSSR count). The van der Waals surface area contributed by atoms with E-state index in [1.54, 1.807) is 6.07 Å². The van der Waals surface area contributed by atoms with Gasteiger partial charge >= 0.3 is 0 Å². The van der Waals surface area contributed by atoms with Crippen molar-refractivity contribution in [3.63, 3.8) is 0 Å². The van der Waals surface area contributed by atoms with Gasteiger partial charge in [-0.1, -0.05) is 43.2 Å². The van der Waals surface area contributed by atoms with Gasteiger partial charge in [0.2, 0.25) is 0 Å². The SMILES string of the molecule is Fc1ccc2c(c1)C13CC2c2ccccc2C1CN(CC1CCCC1)C3. The van der Waals surface area contributed by atoms with E-state index in [4.69, 9.17) is 0 Å². The van der Waals surface area contributed by atoms with Gasteiger partial charge in [0.15, 0.2) is 0 Å². The summed E-state index contributed by atoms with van der Waals surface area (Å²) in [6, 6.07) is 14.7. The van der Waals surface area contributed by atoms with E-state index in [0.717, 1.165) is 19.0 Å². The van der Waals surface area contributed by atoms with Crippen LogP contribution in [0.25, 0.3) is 0 Å². The summed E-state index contributed by atoms with van der Waals surface area (Å²) in [5, 5.41) is 0. The highest BCUT2D eigenvalue weighted by atomic mass is 19.1. The van der Waals surface area contributed by atoms with Gasteiger partial charge in [-0.3, -0.25) is 0 Å². The average Bonchev–Trinajstić information content (AvgIpc) is 3.35. The van der Waals surface area contributed by atoms with Crippen LogP contribution in [0.5, 0.6) is 0 Å². The molecule has 4 aliphatic rings. The first-order valence-corrected chi connectivity index (χ1v) is 10.4. The third kappa shape index (κ3) is 2.00. The molecule has 3 aliphatic carbocycles. The Hall–Kier alpha value is -1.67. The van der Waals surface area contributed by atoms with Crippen LogP contribution in [0.1, 0.15) is 66.2 Å². The second-order valence-electron chi connectivity index (χ2n) is 9.17.